The van der Waals surface area contributed by atoms with Gasteiger partial charge in [0.2, 0.25) is 5.91 Å². The Morgan fingerprint density at radius 3 is 2.92 bits per heavy atom. The molecule has 1 atom stereocenters. The summed E-state index contributed by atoms with van der Waals surface area (Å²) in [6.45, 7) is 2.08. The van der Waals surface area contributed by atoms with Crippen molar-refractivity contribution in [3.63, 3.8) is 0 Å². The first-order valence-corrected chi connectivity index (χ1v) is 5.29. The molecule has 1 amide bonds. The number of carbonyl (C=O) groups is 1. The summed E-state index contributed by atoms with van der Waals surface area (Å²) in [6, 6.07) is 0.306. The molecule has 74 valence electrons. The van der Waals surface area contributed by atoms with Gasteiger partial charge in [0, 0.05) is 6.54 Å². The first-order valence-electron chi connectivity index (χ1n) is 4.76. The summed E-state index contributed by atoms with van der Waals surface area (Å²) < 4.78 is 5.37. The Morgan fingerprint density at radius 2 is 2.31 bits per heavy atom. The lowest BCUT2D eigenvalue weighted by atomic mass is 10.1. The Kier molecular flexibility index (Phi) is 2.74. The topological polar surface area (TPSA) is 29.5 Å². The van der Waals surface area contributed by atoms with Gasteiger partial charge in [-0.05, 0) is 18.8 Å². The minimum atomic E-state index is 0.0573. The highest BCUT2D eigenvalue weighted by atomic mass is 35.5. The highest BCUT2D eigenvalue weighted by Gasteiger charge is 2.38. The number of halogens is 1. The molecule has 0 aromatic carbocycles. The predicted octanol–water partition coefficient (Wildman–Crippen LogP) is 0.863. The molecule has 2 rings (SSSR count). The van der Waals surface area contributed by atoms with Crippen LogP contribution in [0.4, 0.5) is 0 Å². The minimum Gasteiger partial charge on any atom is -0.377 e. The predicted molar refractivity (Wildman–Crippen MR) is 49.8 cm³/mol. The van der Waals surface area contributed by atoms with E-state index >= 15 is 0 Å². The van der Waals surface area contributed by atoms with Crippen LogP contribution >= 0.6 is 11.6 Å². The molecule has 0 bridgehead atoms. The van der Waals surface area contributed by atoms with Gasteiger partial charge in [-0.3, -0.25) is 4.79 Å². The summed E-state index contributed by atoms with van der Waals surface area (Å²) in [5.74, 6) is 0.831. The first kappa shape index (κ1) is 9.28. The molecule has 1 aliphatic carbocycles. The van der Waals surface area contributed by atoms with E-state index in [2.05, 4.69) is 0 Å². The molecule has 2 aliphatic rings. The van der Waals surface area contributed by atoms with Crippen LogP contribution in [-0.2, 0) is 9.53 Å². The lowest BCUT2D eigenvalue weighted by molar-refractivity contribution is -0.137. The van der Waals surface area contributed by atoms with Crippen molar-refractivity contribution in [2.45, 2.75) is 18.9 Å². The molecule has 0 N–H and O–H groups in total. The number of ether oxygens (including phenoxy) is 1. The zero-order chi connectivity index (χ0) is 9.26. The van der Waals surface area contributed by atoms with Crippen molar-refractivity contribution < 1.29 is 9.53 Å². The van der Waals surface area contributed by atoms with Crippen molar-refractivity contribution >= 4 is 17.5 Å². The fourth-order valence-corrected chi connectivity index (χ4v) is 2.03. The van der Waals surface area contributed by atoms with E-state index in [9.17, 15) is 4.79 Å². The number of amides is 1. The van der Waals surface area contributed by atoms with E-state index < -0.39 is 0 Å². The van der Waals surface area contributed by atoms with Gasteiger partial charge >= 0.3 is 0 Å². The van der Waals surface area contributed by atoms with Gasteiger partial charge in [-0.1, -0.05) is 0 Å². The van der Waals surface area contributed by atoms with Crippen LogP contribution in [0.3, 0.4) is 0 Å². The van der Waals surface area contributed by atoms with Gasteiger partial charge in [-0.25, -0.2) is 0 Å². The maximum absolute atomic E-state index is 11.4. The molecule has 0 aromatic heterocycles. The summed E-state index contributed by atoms with van der Waals surface area (Å²) in [6.07, 6.45) is 2.47. The van der Waals surface area contributed by atoms with Crippen LogP contribution < -0.4 is 0 Å². The van der Waals surface area contributed by atoms with E-state index in [0.717, 1.165) is 0 Å². The average molecular weight is 204 g/mol. The second kappa shape index (κ2) is 3.84. The van der Waals surface area contributed by atoms with Crippen LogP contribution in [0, 0.1) is 5.92 Å². The third kappa shape index (κ3) is 1.97. The second-order valence-electron chi connectivity index (χ2n) is 3.70. The third-order valence-corrected chi connectivity index (χ3v) is 2.99. The molecular weight excluding hydrogens is 190 g/mol. The number of nitrogens with zero attached hydrogens (tertiary/aromatic N) is 1. The Balaban J connectivity index is 1.99. The summed E-state index contributed by atoms with van der Waals surface area (Å²) in [7, 11) is 0. The zero-order valence-corrected chi connectivity index (χ0v) is 8.29. The van der Waals surface area contributed by atoms with E-state index in [1.165, 1.54) is 12.8 Å². The van der Waals surface area contributed by atoms with E-state index in [1.807, 2.05) is 4.90 Å². The summed E-state index contributed by atoms with van der Waals surface area (Å²) >= 11 is 5.54. The van der Waals surface area contributed by atoms with Gasteiger partial charge in [-0.2, -0.15) is 0 Å². The minimum absolute atomic E-state index is 0.0573. The van der Waals surface area contributed by atoms with E-state index in [4.69, 9.17) is 16.3 Å². The Hall–Kier alpha value is -0.280. The second-order valence-corrected chi connectivity index (χ2v) is 3.97. The zero-order valence-electron chi connectivity index (χ0n) is 7.54. The molecule has 2 fully saturated rings. The highest BCUT2D eigenvalue weighted by molar-refractivity contribution is 6.27. The Morgan fingerprint density at radius 1 is 1.54 bits per heavy atom. The molecule has 4 heteroatoms. The number of hydrogen-bond donors (Lipinski definition) is 0. The molecule has 1 saturated heterocycles. The maximum atomic E-state index is 11.4. The molecule has 1 unspecified atom stereocenters. The molecule has 13 heavy (non-hydrogen) atoms. The number of carbonyl (C=O) groups excluding carboxylic acids is 1. The van der Waals surface area contributed by atoms with Crippen molar-refractivity contribution in [1.82, 2.24) is 4.90 Å². The molecule has 0 spiro atoms. The van der Waals surface area contributed by atoms with Crippen LogP contribution in [0.2, 0.25) is 0 Å². The van der Waals surface area contributed by atoms with Gasteiger partial charge in [0.1, 0.15) is 5.88 Å². The molecule has 3 nitrogen and oxygen atoms in total. The van der Waals surface area contributed by atoms with Crippen LogP contribution in [0.5, 0.6) is 0 Å². The van der Waals surface area contributed by atoms with Gasteiger partial charge in [-0.15, -0.1) is 11.6 Å². The van der Waals surface area contributed by atoms with Crippen molar-refractivity contribution in [3.8, 4) is 0 Å². The van der Waals surface area contributed by atoms with E-state index in [-0.39, 0.29) is 11.8 Å². The highest BCUT2D eigenvalue weighted by Crippen LogP contribution is 2.36. The van der Waals surface area contributed by atoms with E-state index in [0.29, 0.717) is 31.7 Å². The van der Waals surface area contributed by atoms with Crippen LogP contribution in [-0.4, -0.2) is 42.5 Å². The SMILES string of the molecule is O=C(CCl)N1CCOCC1C1CC1. The molecule has 1 heterocycles. The Bertz CT molecular complexity index is 206. The fourth-order valence-electron chi connectivity index (χ4n) is 1.88. The first-order chi connectivity index (χ1) is 6.33. The van der Waals surface area contributed by atoms with Crippen molar-refractivity contribution in [2.24, 2.45) is 5.92 Å². The molecule has 0 radical (unpaired) electrons. The lowest BCUT2D eigenvalue weighted by Gasteiger charge is -2.35. The maximum Gasteiger partial charge on any atom is 0.237 e. The number of alkyl halides is 1. The molecule has 0 aromatic rings. The van der Waals surface area contributed by atoms with Gasteiger partial charge in [0.15, 0.2) is 0 Å². The standard InChI is InChI=1S/C9H14ClNO2/c10-5-9(12)11-3-4-13-6-8(11)7-1-2-7/h7-8H,1-6H2. The summed E-state index contributed by atoms with van der Waals surface area (Å²) in [5, 5.41) is 0. The summed E-state index contributed by atoms with van der Waals surface area (Å²) in [5.41, 5.74) is 0. The van der Waals surface area contributed by atoms with Crippen molar-refractivity contribution in [2.75, 3.05) is 25.6 Å². The van der Waals surface area contributed by atoms with Crippen LogP contribution in [0.1, 0.15) is 12.8 Å². The smallest absolute Gasteiger partial charge is 0.237 e. The third-order valence-electron chi connectivity index (χ3n) is 2.77. The van der Waals surface area contributed by atoms with Gasteiger partial charge < -0.3 is 9.64 Å². The quantitative estimate of drug-likeness (QED) is 0.624. The normalized spacial score (nSPS) is 29.0. The largest absolute Gasteiger partial charge is 0.377 e. The van der Waals surface area contributed by atoms with Crippen molar-refractivity contribution in [1.29, 1.82) is 0 Å². The summed E-state index contributed by atoms with van der Waals surface area (Å²) in [4.78, 5) is 13.3. The molecule has 1 aliphatic heterocycles. The van der Waals surface area contributed by atoms with Crippen LogP contribution in [0.15, 0.2) is 0 Å². The number of morpholine rings is 1. The average Bonchev–Trinajstić information content (AvgIpc) is 3.00. The molecular formula is C9H14ClNO2. The van der Waals surface area contributed by atoms with Gasteiger partial charge in [0.25, 0.3) is 0 Å². The number of rotatable bonds is 2. The van der Waals surface area contributed by atoms with Crippen LogP contribution in [0.25, 0.3) is 0 Å². The van der Waals surface area contributed by atoms with Crippen molar-refractivity contribution in [3.05, 3.63) is 0 Å². The number of hydrogen-bond acceptors (Lipinski definition) is 2. The fraction of sp³-hybridized carbons (Fsp3) is 0.889. The van der Waals surface area contributed by atoms with Gasteiger partial charge in [0.05, 0.1) is 19.3 Å². The molecule has 1 saturated carbocycles. The lowest BCUT2D eigenvalue weighted by Crippen LogP contribution is -2.50. The van der Waals surface area contributed by atoms with E-state index in [1.54, 1.807) is 0 Å². The monoisotopic (exact) mass is 203 g/mol. The Labute approximate surface area is 83.0 Å².